The molecule has 0 radical (unpaired) electrons. The zero-order valence-electron chi connectivity index (χ0n) is 9.74. The molecule has 1 aromatic carbocycles. The first-order chi connectivity index (χ1) is 8.38. The van der Waals surface area contributed by atoms with Gasteiger partial charge in [0, 0.05) is 6.54 Å². The van der Waals surface area contributed by atoms with Gasteiger partial charge in [0.25, 0.3) is 0 Å². The van der Waals surface area contributed by atoms with Gasteiger partial charge in [-0.1, -0.05) is 30.3 Å². The van der Waals surface area contributed by atoms with Gasteiger partial charge in [0.05, 0.1) is 11.0 Å². The zero-order chi connectivity index (χ0) is 13.6. The number of rotatable bonds is 6. The van der Waals surface area contributed by atoms with Crippen molar-refractivity contribution in [3.8, 4) is 0 Å². The molecule has 0 aliphatic carbocycles. The topological polar surface area (TPSA) is 89.3 Å². The Morgan fingerprint density at radius 1 is 1.33 bits per heavy atom. The number of nitrogens with one attached hydrogen (secondary N) is 1. The fraction of sp³-hybridized carbons (Fsp3) is 0.364. The average Bonchev–Trinajstić information content (AvgIpc) is 2.28. The van der Waals surface area contributed by atoms with Crippen molar-refractivity contribution in [2.75, 3.05) is 12.3 Å². The van der Waals surface area contributed by atoms with Gasteiger partial charge in [0.2, 0.25) is 15.9 Å². The van der Waals surface area contributed by atoms with E-state index in [1.54, 1.807) is 0 Å². The lowest BCUT2D eigenvalue weighted by Gasteiger charge is -2.11. The highest BCUT2D eigenvalue weighted by atomic mass is 32.2. The minimum Gasteiger partial charge on any atom is -0.354 e. The molecule has 7 heteroatoms. The zero-order valence-corrected chi connectivity index (χ0v) is 11.5. The predicted octanol–water partition coefficient (Wildman–Crippen LogP) is -0.0678. The van der Waals surface area contributed by atoms with Gasteiger partial charge in [0.15, 0.2) is 0 Å². The predicted molar refractivity (Wildman–Crippen MR) is 73.9 cm³/mol. The number of amides is 1. The summed E-state index contributed by atoms with van der Waals surface area (Å²) in [5.41, 5.74) is 0.999. The van der Waals surface area contributed by atoms with Crippen LogP contribution in [0.25, 0.3) is 0 Å². The van der Waals surface area contributed by atoms with E-state index < -0.39 is 15.3 Å². The number of benzene rings is 1. The van der Waals surface area contributed by atoms with E-state index in [-0.39, 0.29) is 18.2 Å². The van der Waals surface area contributed by atoms with Crippen molar-refractivity contribution in [2.24, 2.45) is 5.14 Å². The Balaban J connectivity index is 2.38. The Labute approximate surface area is 112 Å². The molecular formula is C11H16N2O3S2. The fourth-order valence-corrected chi connectivity index (χ4v) is 2.05. The van der Waals surface area contributed by atoms with Crippen LogP contribution in [-0.4, -0.2) is 31.9 Å². The second kappa shape index (κ2) is 6.77. The van der Waals surface area contributed by atoms with Gasteiger partial charge in [-0.25, -0.2) is 13.6 Å². The van der Waals surface area contributed by atoms with Crippen LogP contribution in [0.1, 0.15) is 5.56 Å². The van der Waals surface area contributed by atoms with Gasteiger partial charge < -0.3 is 5.32 Å². The van der Waals surface area contributed by atoms with E-state index in [0.29, 0.717) is 6.42 Å². The second-order valence-electron chi connectivity index (χ2n) is 3.86. The normalized spacial score (nSPS) is 13.0. The molecule has 0 heterocycles. The molecule has 0 fully saturated rings. The summed E-state index contributed by atoms with van der Waals surface area (Å²) in [6.07, 6.45) is 0.491. The molecule has 0 spiro atoms. The van der Waals surface area contributed by atoms with Gasteiger partial charge in [0.1, 0.15) is 0 Å². The summed E-state index contributed by atoms with van der Waals surface area (Å²) in [7, 11) is -3.54. The molecule has 0 saturated heterocycles. The molecule has 1 rings (SSSR count). The Kier molecular flexibility index (Phi) is 5.64. The van der Waals surface area contributed by atoms with E-state index in [4.69, 9.17) is 5.14 Å². The van der Waals surface area contributed by atoms with Crippen LogP contribution in [-0.2, 0) is 21.2 Å². The molecule has 1 aromatic rings. The minimum atomic E-state index is -3.54. The van der Waals surface area contributed by atoms with Gasteiger partial charge in [-0.2, -0.15) is 12.6 Å². The highest BCUT2D eigenvalue weighted by Crippen LogP contribution is 2.07. The molecule has 1 unspecified atom stereocenters. The number of primary sulfonamides is 1. The van der Waals surface area contributed by atoms with E-state index in [1.165, 1.54) is 0 Å². The molecule has 0 aliphatic heterocycles. The summed E-state index contributed by atoms with van der Waals surface area (Å²) >= 11 is 4.19. The van der Waals surface area contributed by atoms with E-state index in [0.717, 1.165) is 5.56 Å². The molecule has 100 valence electrons. The van der Waals surface area contributed by atoms with Crippen molar-refractivity contribution in [3.63, 3.8) is 0 Å². The number of sulfonamides is 1. The number of hydrogen-bond donors (Lipinski definition) is 3. The summed E-state index contributed by atoms with van der Waals surface area (Å²) in [6.45, 7) is 0.00349. The van der Waals surface area contributed by atoms with Crippen molar-refractivity contribution in [1.29, 1.82) is 0 Å². The first kappa shape index (κ1) is 15.0. The fourth-order valence-electron chi connectivity index (χ4n) is 1.36. The Hall–Kier alpha value is -1.05. The Morgan fingerprint density at radius 2 is 1.94 bits per heavy atom. The lowest BCUT2D eigenvalue weighted by Crippen LogP contribution is -2.36. The average molecular weight is 288 g/mol. The van der Waals surface area contributed by atoms with E-state index in [2.05, 4.69) is 17.9 Å². The lowest BCUT2D eigenvalue weighted by molar-refractivity contribution is -0.120. The SMILES string of the molecule is NS(=O)(=O)CCNC(=O)C(S)Cc1ccccc1. The van der Waals surface area contributed by atoms with Gasteiger partial charge in [-0.3, -0.25) is 4.79 Å². The summed E-state index contributed by atoms with van der Waals surface area (Å²) < 4.78 is 21.4. The molecular weight excluding hydrogens is 272 g/mol. The Bertz CT molecular complexity index is 488. The number of hydrogen-bond acceptors (Lipinski definition) is 4. The third kappa shape index (κ3) is 6.04. The minimum absolute atomic E-state index is 0.00349. The van der Waals surface area contributed by atoms with Crippen molar-refractivity contribution >= 4 is 28.6 Å². The first-order valence-electron chi connectivity index (χ1n) is 5.38. The van der Waals surface area contributed by atoms with E-state index in [1.807, 2.05) is 30.3 Å². The van der Waals surface area contributed by atoms with Gasteiger partial charge in [-0.05, 0) is 12.0 Å². The molecule has 18 heavy (non-hydrogen) atoms. The maximum Gasteiger partial charge on any atom is 0.233 e. The van der Waals surface area contributed by atoms with Crippen LogP contribution in [0.3, 0.4) is 0 Å². The molecule has 0 aromatic heterocycles. The number of carbonyl (C=O) groups excluding carboxylic acids is 1. The molecule has 0 bridgehead atoms. The van der Waals surface area contributed by atoms with Crippen LogP contribution in [0.5, 0.6) is 0 Å². The van der Waals surface area contributed by atoms with Crippen LogP contribution >= 0.6 is 12.6 Å². The van der Waals surface area contributed by atoms with Crippen molar-refractivity contribution in [2.45, 2.75) is 11.7 Å². The van der Waals surface area contributed by atoms with Crippen LogP contribution in [0.4, 0.5) is 0 Å². The van der Waals surface area contributed by atoms with E-state index in [9.17, 15) is 13.2 Å². The van der Waals surface area contributed by atoms with E-state index >= 15 is 0 Å². The van der Waals surface area contributed by atoms with Crippen molar-refractivity contribution in [1.82, 2.24) is 5.32 Å². The third-order valence-corrected chi connectivity index (χ3v) is 3.45. The van der Waals surface area contributed by atoms with Crippen LogP contribution in [0.2, 0.25) is 0 Å². The highest BCUT2D eigenvalue weighted by molar-refractivity contribution is 7.89. The van der Waals surface area contributed by atoms with Gasteiger partial charge >= 0.3 is 0 Å². The number of thiol groups is 1. The molecule has 5 nitrogen and oxygen atoms in total. The van der Waals surface area contributed by atoms with Crippen LogP contribution in [0, 0.1) is 0 Å². The standard InChI is InChI=1S/C11H16N2O3S2/c12-18(15,16)7-6-13-11(14)10(17)8-9-4-2-1-3-5-9/h1-5,10,17H,6-8H2,(H,13,14)(H2,12,15,16). The number of nitrogens with two attached hydrogens (primary N) is 1. The smallest absolute Gasteiger partial charge is 0.233 e. The third-order valence-electron chi connectivity index (χ3n) is 2.26. The molecule has 1 amide bonds. The first-order valence-corrected chi connectivity index (χ1v) is 7.62. The summed E-state index contributed by atoms with van der Waals surface area (Å²) in [5, 5.41) is 6.80. The molecule has 0 aliphatic rings. The molecule has 1 atom stereocenters. The largest absolute Gasteiger partial charge is 0.354 e. The molecule has 3 N–H and O–H groups in total. The van der Waals surface area contributed by atoms with Crippen molar-refractivity contribution < 1.29 is 13.2 Å². The van der Waals surface area contributed by atoms with Gasteiger partial charge in [-0.15, -0.1) is 0 Å². The molecule has 0 saturated carbocycles. The quantitative estimate of drug-likeness (QED) is 0.640. The lowest BCUT2D eigenvalue weighted by atomic mass is 10.1. The summed E-state index contributed by atoms with van der Waals surface area (Å²) in [5.74, 6) is -0.573. The van der Waals surface area contributed by atoms with Crippen LogP contribution in [0.15, 0.2) is 30.3 Å². The maximum absolute atomic E-state index is 11.6. The van der Waals surface area contributed by atoms with Crippen molar-refractivity contribution in [3.05, 3.63) is 35.9 Å². The summed E-state index contributed by atoms with van der Waals surface area (Å²) in [4.78, 5) is 11.6. The number of carbonyl (C=O) groups is 1. The van der Waals surface area contributed by atoms with Crippen LogP contribution < -0.4 is 10.5 Å². The monoisotopic (exact) mass is 288 g/mol. The summed E-state index contributed by atoms with van der Waals surface area (Å²) in [6, 6.07) is 9.47. The Morgan fingerprint density at radius 3 is 2.50 bits per heavy atom. The highest BCUT2D eigenvalue weighted by Gasteiger charge is 2.14. The second-order valence-corrected chi connectivity index (χ2v) is 6.22. The maximum atomic E-state index is 11.6.